The minimum atomic E-state index is -0.711. The highest BCUT2D eigenvalue weighted by Gasteiger charge is 2.20. The number of nitro groups is 1. The molecule has 3 aromatic rings. The summed E-state index contributed by atoms with van der Waals surface area (Å²) in [6.45, 7) is 0. The first-order valence-electron chi connectivity index (χ1n) is 7.43. The van der Waals surface area contributed by atoms with Crippen molar-refractivity contribution in [2.75, 3.05) is 0 Å². The van der Waals surface area contributed by atoms with Crippen molar-refractivity contribution in [1.29, 1.82) is 0 Å². The van der Waals surface area contributed by atoms with E-state index in [1.807, 2.05) is 0 Å². The van der Waals surface area contributed by atoms with Gasteiger partial charge in [0.15, 0.2) is 5.75 Å². The van der Waals surface area contributed by atoms with E-state index in [2.05, 4.69) is 15.9 Å². The number of hydrogen-bond donors (Lipinski definition) is 0. The average Bonchev–Trinajstić information content (AvgIpc) is 2.63. The molecule has 144 valence electrons. The smallest absolute Gasteiger partial charge is 0.271 e. The number of nitrogens with zero attached hydrogens (tertiary/aromatic N) is 1. The topological polar surface area (TPSA) is 52.4 Å². The third-order valence-corrected chi connectivity index (χ3v) is 5.26. The van der Waals surface area contributed by atoms with Gasteiger partial charge in [0.25, 0.3) is 5.69 Å². The number of hydrogen-bond acceptors (Lipinski definition) is 3. The Morgan fingerprint density at radius 2 is 1.64 bits per heavy atom. The van der Waals surface area contributed by atoms with Crippen LogP contribution in [0.25, 0.3) is 11.1 Å². The molecular weight excluding hydrogens is 502 g/mol. The summed E-state index contributed by atoms with van der Waals surface area (Å²) in [5.74, 6) is -1.39. The van der Waals surface area contributed by atoms with Crippen LogP contribution in [-0.2, 0) is 0 Å². The molecule has 0 fully saturated rings. The van der Waals surface area contributed by atoms with Crippen molar-refractivity contribution in [2.24, 2.45) is 0 Å². The Labute approximate surface area is 180 Å². The van der Waals surface area contributed by atoms with Crippen LogP contribution in [0.2, 0.25) is 15.1 Å². The van der Waals surface area contributed by atoms with Crippen molar-refractivity contribution in [1.82, 2.24) is 0 Å². The summed E-state index contributed by atoms with van der Waals surface area (Å²) in [6.07, 6.45) is 0. The highest BCUT2D eigenvalue weighted by Crippen LogP contribution is 2.45. The van der Waals surface area contributed by atoms with Gasteiger partial charge in [0.05, 0.1) is 24.5 Å². The van der Waals surface area contributed by atoms with Gasteiger partial charge < -0.3 is 4.74 Å². The zero-order valence-corrected chi connectivity index (χ0v) is 17.3. The van der Waals surface area contributed by atoms with E-state index in [9.17, 15) is 18.9 Å². The molecule has 0 aliphatic carbocycles. The third kappa shape index (κ3) is 4.07. The summed E-state index contributed by atoms with van der Waals surface area (Å²) in [5.41, 5.74) is -0.180. The van der Waals surface area contributed by atoms with E-state index in [1.54, 1.807) is 0 Å². The lowest BCUT2D eigenvalue weighted by Crippen LogP contribution is -1.94. The molecule has 0 amide bonds. The first kappa shape index (κ1) is 20.8. The molecule has 10 heteroatoms. The van der Waals surface area contributed by atoms with Gasteiger partial charge in [-0.05, 0) is 40.2 Å². The van der Waals surface area contributed by atoms with Gasteiger partial charge in [-0.25, -0.2) is 8.78 Å². The lowest BCUT2D eigenvalue weighted by Gasteiger charge is -2.14. The standard InChI is InChI=1S/C18H7BrCl3F2NO3/c19-11-7-14(23)10(6-15(11)24)9-2-3-12(20)18(17(9)22)28-16-4-1-8(25(26)27)5-13(16)21/h1-7H. The summed E-state index contributed by atoms with van der Waals surface area (Å²) >= 11 is 21.4. The van der Waals surface area contributed by atoms with Crippen LogP contribution in [0.3, 0.4) is 0 Å². The molecule has 0 aliphatic heterocycles. The second-order valence-electron chi connectivity index (χ2n) is 5.46. The normalized spacial score (nSPS) is 10.8. The van der Waals surface area contributed by atoms with E-state index in [0.29, 0.717) is 0 Å². The van der Waals surface area contributed by atoms with Crippen molar-refractivity contribution < 1.29 is 18.4 Å². The molecule has 4 nitrogen and oxygen atoms in total. The van der Waals surface area contributed by atoms with Crippen molar-refractivity contribution >= 4 is 56.4 Å². The highest BCUT2D eigenvalue weighted by molar-refractivity contribution is 9.10. The first-order valence-corrected chi connectivity index (χ1v) is 9.36. The fourth-order valence-corrected chi connectivity index (χ4v) is 3.44. The number of benzene rings is 3. The molecule has 0 unspecified atom stereocenters. The van der Waals surface area contributed by atoms with Crippen LogP contribution < -0.4 is 4.74 Å². The van der Waals surface area contributed by atoms with E-state index >= 15 is 0 Å². The molecular formula is C18H7BrCl3F2NO3. The fourth-order valence-electron chi connectivity index (χ4n) is 2.36. The molecule has 3 aromatic carbocycles. The molecule has 0 aromatic heterocycles. The van der Waals surface area contributed by atoms with Crippen molar-refractivity contribution in [3.05, 3.63) is 83.8 Å². The van der Waals surface area contributed by atoms with Gasteiger partial charge in [-0.3, -0.25) is 10.1 Å². The van der Waals surface area contributed by atoms with Gasteiger partial charge in [0, 0.05) is 23.3 Å². The van der Waals surface area contributed by atoms with Gasteiger partial charge in [0.2, 0.25) is 0 Å². The van der Waals surface area contributed by atoms with Crippen molar-refractivity contribution in [3.63, 3.8) is 0 Å². The maximum Gasteiger partial charge on any atom is 0.271 e. The Bertz CT molecular complexity index is 1110. The number of halogens is 6. The second-order valence-corrected chi connectivity index (χ2v) is 7.50. The first-order chi connectivity index (χ1) is 13.2. The quantitative estimate of drug-likeness (QED) is 0.203. The SMILES string of the molecule is O=[N+]([O-])c1ccc(Oc2c(Cl)ccc(-c3cc(F)c(Br)cc3F)c2Cl)c(Cl)c1. The highest BCUT2D eigenvalue weighted by atomic mass is 79.9. The lowest BCUT2D eigenvalue weighted by molar-refractivity contribution is -0.384. The minimum Gasteiger partial charge on any atom is -0.453 e. The summed E-state index contributed by atoms with van der Waals surface area (Å²) < 4.78 is 33.8. The Hall–Kier alpha value is -1.93. The van der Waals surface area contributed by atoms with Crippen LogP contribution in [0.1, 0.15) is 0 Å². The molecule has 0 spiro atoms. The molecule has 0 atom stereocenters. The summed E-state index contributed by atoms with van der Waals surface area (Å²) in [6, 6.07) is 8.35. The second kappa shape index (κ2) is 8.21. The van der Waals surface area contributed by atoms with Crippen LogP contribution in [0.15, 0.2) is 46.9 Å². The van der Waals surface area contributed by atoms with Crippen LogP contribution in [0, 0.1) is 21.7 Å². The van der Waals surface area contributed by atoms with Crippen LogP contribution in [0.5, 0.6) is 11.5 Å². The van der Waals surface area contributed by atoms with Crippen LogP contribution in [-0.4, -0.2) is 4.92 Å². The van der Waals surface area contributed by atoms with Gasteiger partial charge in [-0.15, -0.1) is 0 Å². The Kier molecular flexibility index (Phi) is 6.09. The van der Waals surface area contributed by atoms with Gasteiger partial charge in [-0.1, -0.05) is 40.9 Å². The fraction of sp³-hybridized carbons (Fsp3) is 0. The van der Waals surface area contributed by atoms with Crippen molar-refractivity contribution in [2.45, 2.75) is 0 Å². The van der Waals surface area contributed by atoms with E-state index in [-0.39, 0.29) is 47.9 Å². The van der Waals surface area contributed by atoms with Crippen LogP contribution >= 0.6 is 50.7 Å². The number of ether oxygens (including phenoxy) is 1. The zero-order valence-electron chi connectivity index (χ0n) is 13.5. The molecule has 0 saturated carbocycles. The molecule has 0 radical (unpaired) electrons. The van der Waals surface area contributed by atoms with E-state index in [1.165, 1.54) is 24.3 Å². The predicted molar refractivity (Wildman–Crippen MR) is 108 cm³/mol. The largest absolute Gasteiger partial charge is 0.453 e. The maximum atomic E-state index is 14.3. The van der Waals surface area contributed by atoms with Crippen LogP contribution in [0.4, 0.5) is 14.5 Å². The molecule has 0 aliphatic rings. The molecule has 28 heavy (non-hydrogen) atoms. The average molecular weight is 510 g/mol. The monoisotopic (exact) mass is 507 g/mol. The molecule has 3 rings (SSSR count). The zero-order chi connectivity index (χ0) is 20.6. The predicted octanol–water partition coefficient (Wildman–Crippen LogP) is 8.06. The van der Waals surface area contributed by atoms with E-state index in [0.717, 1.165) is 18.2 Å². The minimum absolute atomic E-state index is 0.0343. The molecule has 0 bridgehead atoms. The Balaban J connectivity index is 2.08. The summed E-state index contributed by atoms with van der Waals surface area (Å²) in [4.78, 5) is 10.2. The molecule has 0 N–H and O–H groups in total. The Morgan fingerprint density at radius 3 is 2.29 bits per heavy atom. The van der Waals surface area contributed by atoms with Crippen molar-refractivity contribution in [3.8, 4) is 22.6 Å². The molecule has 0 heterocycles. The number of rotatable bonds is 4. The third-order valence-electron chi connectivity index (χ3n) is 3.69. The van der Waals surface area contributed by atoms with Gasteiger partial charge >= 0.3 is 0 Å². The van der Waals surface area contributed by atoms with Gasteiger partial charge in [0.1, 0.15) is 17.4 Å². The van der Waals surface area contributed by atoms with Gasteiger partial charge in [-0.2, -0.15) is 0 Å². The van der Waals surface area contributed by atoms with E-state index in [4.69, 9.17) is 39.5 Å². The summed E-state index contributed by atoms with van der Waals surface area (Å²) in [7, 11) is 0. The molecule has 0 saturated heterocycles. The lowest BCUT2D eigenvalue weighted by atomic mass is 10.0. The maximum absolute atomic E-state index is 14.3. The summed E-state index contributed by atoms with van der Waals surface area (Å²) in [5, 5.41) is 10.8. The number of nitro benzene ring substituents is 1. The Morgan fingerprint density at radius 1 is 0.929 bits per heavy atom. The number of non-ortho nitro benzene ring substituents is 1. The van der Waals surface area contributed by atoms with E-state index < -0.39 is 16.6 Å².